The molecule has 0 aliphatic heterocycles. The van der Waals surface area contributed by atoms with Gasteiger partial charge in [0.2, 0.25) is 0 Å². The number of nitrogens with one attached hydrogen (secondary N) is 1. The van der Waals surface area contributed by atoms with Gasteiger partial charge in [-0.25, -0.2) is 9.97 Å². The number of aromatic nitrogens is 2. The maximum atomic E-state index is 12.5. The van der Waals surface area contributed by atoms with Crippen LogP contribution in [0.2, 0.25) is 0 Å². The molecule has 1 heterocycles. The second-order valence-electron chi connectivity index (χ2n) is 6.06. The molecule has 0 unspecified atom stereocenters. The van der Waals surface area contributed by atoms with Crippen molar-refractivity contribution in [3.05, 3.63) is 47.4 Å². The zero-order valence-electron chi connectivity index (χ0n) is 15.1. The van der Waals surface area contributed by atoms with Crippen LogP contribution >= 0.6 is 0 Å². The van der Waals surface area contributed by atoms with E-state index in [1.165, 1.54) is 5.56 Å². The van der Waals surface area contributed by atoms with Gasteiger partial charge in [0.1, 0.15) is 17.3 Å². The van der Waals surface area contributed by atoms with Crippen LogP contribution in [0.15, 0.2) is 30.3 Å². The summed E-state index contributed by atoms with van der Waals surface area (Å²) in [6.45, 7) is 11.4. The van der Waals surface area contributed by atoms with E-state index >= 15 is 0 Å². The summed E-state index contributed by atoms with van der Waals surface area (Å²) in [4.78, 5) is 22.9. The first-order valence-corrected chi connectivity index (χ1v) is 8.46. The average Bonchev–Trinajstić information content (AvgIpc) is 2.55. The molecule has 0 spiro atoms. The maximum absolute atomic E-state index is 12.5. The van der Waals surface area contributed by atoms with Crippen molar-refractivity contribution in [1.82, 2.24) is 14.9 Å². The van der Waals surface area contributed by atoms with Gasteiger partial charge < -0.3 is 10.2 Å². The SMILES string of the molecule is CCN(CC)C(=O)c1cc(Nc2ccc(C(C)C)cc2)nc(C)n1. The molecule has 0 fully saturated rings. The summed E-state index contributed by atoms with van der Waals surface area (Å²) in [5, 5.41) is 3.26. The summed E-state index contributed by atoms with van der Waals surface area (Å²) in [6.07, 6.45) is 0. The van der Waals surface area contributed by atoms with E-state index in [2.05, 4.69) is 41.3 Å². The van der Waals surface area contributed by atoms with Crippen molar-refractivity contribution in [3.8, 4) is 0 Å². The van der Waals surface area contributed by atoms with Gasteiger partial charge in [-0.15, -0.1) is 0 Å². The van der Waals surface area contributed by atoms with Gasteiger partial charge in [-0.05, 0) is 44.4 Å². The topological polar surface area (TPSA) is 58.1 Å². The number of carbonyl (C=O) groups is 1. The van der Waals surface area contributed by atoms with Crippen LogP contribution in [0, 0.1) is 6.92 Å². The fraction of sp³-hybridized carbons (Fsp3) is 0.421. The first-order chi connectivity index (χ1) is 11.4. The number of aryl methyl sites for hydroxylation is 1. The molecule has 128 valence electrons. The minimum absolute atomic E-state index is 0.0660. The van der Waals surface area contributed by atoms with E-state index in [0.29, 0.717) is 36.3 Å². The monoisotopic (exact) mass is 326 g/mol. The molecule has 5 nitrogen and oxygen atoms in total. The van der Waals surface area contributed by atoms with E-state index in [1.54, 1.807) is 17.9 Å². The van der Waals surface area contributed by atoms with Crippen LogP contribution in [0.25, 0.3) is 0 Å². The Hall–Kier alpha value is -2.43. The van der Waals surface area contributed by atoms with Crippen molar-refractivity contribution >= 4 is 17.4 Å². The lowest BCUT2D eigenvalue weighted by molar-refractivity contribution is 0.0766. The molecule has 1 aromatic carbocycles. The van der Waals surface area contributed by atoms with Crippen LogP contribution in [0.4, 0.5) is 11.5 Å². The number of nitrogens with zero attached hydrogens (tertiary/aromatic N) is 3. The molecule has 0 atom stereocenters. The second kappa shape index (κ2) is 7.90. The van der Waals surface area contributed by atoms with E-state index in [0.717, 1.165) is 5.69 Å². The molecule has 0 aliphatic rings. The van der Waals surface area contributed by atoms with Crippen molar-refractivity contribution in [2.75, 3.05) is 18.4 Å². The van der Waals surface area contributed by atoms with E-state index in [1.807, 2.05) is 26.0 Å². The predicted molar refractivity (Wildman–Crippen MR) is 97.8 cm³/mol. The predicted octanol–water partition coefficient (Wildman–Crippen LogP) is 4.13. The Balaban J connectivity index is 2.23. The number of amides is 1. The van der Waals surface area contributed by atoms with Crippen molar-refractivity contribution in [2.24, 2.45) is 0 Å². The van der Waals surface area contributed by atoms with Crippen LogP contribution in [0.1, 0.15) is 55.5 Å². The third-order valence-corrected chi connectivity index (χ3v) is 3.96. The highest BCUT2D eigenvalue weighted by atomic mass is 16.2. The molecule has 0 radical (unpaired) electrons. The quantitative estimate of drug-likeness (QED) is 0.867. The highest BCUT2D eigenvalue weighted by molar-refractivity contribution is 5.93. The van der Waals surface area contributed by atoms with Crippen molar-refractivity contribution < 1.29 is 4.79 Å². The molecule has 0 saturated carbocycles. The highest BCUT2D eigenvalue weighted by Crippen LogP contribution is 2.20. The molecular formula is C19H26N4O. The molecule has 2 aromatic rings. The van der Waals surface area contributed by atoms with Crippen molar-refractivity contribution in [3.63, 3.8) is 0 Å². The summed E-state index contributed by atoms with van der Waals surface area (Å²) in [6, 6.07) is 9.97. The third-order valence-electron chi connectivity index (χ3n) is 3.96. The zero-order chi connectivity index (χ0) is 17.7. The molecule has 0 saturated heterocycles. The Bertz CT molecular complexity index is 691. The molecule has 24 heavy (non-hydrogen) atoms. The fourth-order valence-corrected chi connectivity index (χ4v) is 2.51. The number of hydrogen-bond acceptors (Lipinski definition) is 4. The summed E-state index contributed by atoms with van der Waals surface area (Å²) in [5.74, 6) is 1.65. The van der Waals surface area contributed by atoms with Crippen molar-refractivity contribution in [2.45, 2.75) is 40.5 Å². The van der Waals surface area contributed by atoms with Gasteiger partial charge in [0.05, 0.1) is 0 Å². The van der Waals surface area contributed by atoms with Crippen LogP contribution in [0.5, 0.6) is 0 Å². The first-order valence-electron chi connectivity index (χ1n) is 8.46. The maximum Gasteiger partial charge on any atom is 0.272 e. The number of benzene rings is 1. The minimum atomic E-state index is -0.0660. The van der Waals surface area contributed by atoms with Crippen LogP contribution in [-0.4, -0.2) is 33.9 Å². The van der Waals surface area contributed by atoms with Crippen molar-refractivity contribution in [1.29, 1.82) is 0 Å². The Morgan fingerprint density at radius 2 is 1.75 bits per heavy atom. The normalized spacial score (nSPS) is 10.8. The summed E-state index contributed by atoms with van der Waals surface area (Å²) >= 11 is 0. The summed E-state index contributed by atoms with van der Waals surface area (Å²) < 4.78 is 0. The minimum Gasteiger partial charge on any atom is -0.340 e. The molecule has 1 amide bonds. The van der Waals surface area contributed by atoms with E-state index < -0.39 is 0 Å². The molecule has 2 rings (SSSR count). The van der Waals surface area contributed by atoms with Gasteiger partial charge in [0.25, 0.3) is 5.91 Å². The molecule has 1 N–H and O–H groups in total. The lowest BCUT2D eigenvalue weighted by Crippen LogP contribution is -2.31. The van der Waals surface area contributed by atoms with Gasteiger partial charge in [-0.2, -0.15) is 0 Å². The molecule has 5 heteroatoms. The number of anilines is 2. The largest absolute Gasteiger partial charge is 0.340 e. The Labute approximate surface area is 144 Å². The Morgan fingerprint density at radius 1 is 1.12 bits per heavy atom. The van der Waals surface area contributed by atoms with Gasteiger partial charge in [0, 0.05) is 24.8 Å². The molecular weight excluding hydrogens is 300 g/mol. The Morgan fingerprint density at radius 3 is 2.29 bits per heavy atom. The number of hydrogen-bond donors (Lipinski definition) is 1. The van der Waals surface area contributed by atoms with Crippen LogP contribution < -0.4 is 5.32 Å². The van der Waals surface area contributed by atoms with Gasteiger partial charge in [-0.3, -0.25) is 4.79 Å². The average molecular weight is 326 g/mol. The molecule has 1 aromatic heterocycles. The Kier molecular flexibility index (Phi) is 5.90. The molecule has 0 aliphatic carbocycles. The van der Waals surface area contributed by atoms with Crippen LogP contribution in [0.3, 0.4) is 0 Å². The standard InChI is InChI=1S/C19H26N4O/c1-6-23(7-2)19(24)17-12-18(21-14(5)20-17)22-16-10-8-15(9-11-16)13(3)4/h8-13H,6-7H2,1-5H3,(H,20,21,22). The number of rotatable bonds is 6. The van der Waals surface area contributed by atoms with Crippen LogP contribution in [-0.2, 0) is 0 Å². The third kappa shape index (κ3) is 4.31. The van der Waals surface area contributed by atoms with Gasteiger partial charge in [0.15, 0.2) is 0 Å². The number of carbonyl (C=O) groups excluding carboxylic acids is 1. The first kappa shape index (κ1) is 17.9. The highest BCUT2D eigenvalue weighted by Gasteiger charge is 2.16. The second-order valence-corrected chi connectivity index (χ2v) is 6.06. The van der Waals surface area contributed by atoms with E-state index in [4.69, 9.17) is 0 Å². The van der Waals surface area contributed by atoms with E-state index in [-0.39, 0.29) is 5.91 Å². The van der Waals surface area contributed by atoms with Gasteiger partial charge >= 0.3 is 0 Å². The lowest BCUT2D eigenvalue weighted by Gasteiger charge is -2.18. The lowest BCUT2D eigenvalue weighted by atomic mass is 10.0. The summed E-state index contributed by atoms with van der Waals surface area (Å²) in [5.41, 5.74) is 2.66. The van der Waals surface area contributed by atoms with E-state index in [9.17, 15) is 4.79 Å². The van der Waals surface area contributed by atoms with Gasteiger partial charge in [-0.1, -0.05) is 26.0 Å². The molecule has 0 bridgehead atoms. The zero-order valence-corrected chi connectivity index (χ0v) is 15.1. The fourth-order valence-electron chi connectivity index (χ4n) is 2.51. The summed E-state index contributed by atoms with van der Waals surface area (Å²) in [7, 11) is 0. The smallest absolute Gasteiger partial charge is 0.272 e.